The van der Waals surface area contributed by atoms with Crippen molar-refractivity contribution < 1.29 is 4.79 Å². The molecule has 0 aromatic heterocycles. The van der Waals surface area contributed by atoms with E-state index in [4.69, 9.17) is 0 Å². The maximum absolute atomic E-state index is 12.4. The van der Waals surface area contributed by atoms with E-state index < -0.39 is 0 Å². The molecule has 4 nitrogen and oxygen atoms in total. The van der Waals surface area contributed by atoms with Crippen molar-refractivity contribution in [2.75, 3.05) is 26.7 Å². The molecule has 21 heavy (non-hydrogen) atoms. The lowest BCUT2D eigenvalue weighted by Gasteiger charge is -2.26. The first-order valence-corrected chi connectivity index (χ1v) is 7.86. The summed E-state index contributed by atoms with van der Waals surface area (Å²) < 4.78 is 0. The Morgan fingerprint density at radius 2 is 2.19 bits per heavy atom. The van der Waals surface area contributed by atoms with Crippen LogP contribution in [0.4, 0.5) is 0 Å². The van der Waals surface area contributed by atoms with Gasteiger partial charge in [0.15, 0.2) is 0 Å². The molecule has 0 saturated heterocycles. The first-order valence-electron chi connectivity index (χ1n) is 7.86. The average Bonchev–Trinajstić information content (AvgIpc) is 2.50. The molecule has 0 bridgehead atoms. The largest absolute Gasteiger partial charge is 0.355 e. The summed E-state index contributed by atoms with van der Waals surface area (Å²) in [6.45, 7) is 7.71. The molecule has 1 heterocycles. The van der Waals surface area contributed by atoms with E-state index in [1.807, 2.05) is 12.1 Å². The van der Waals surface area contributed by atoms with Crippen molar-refractivity contribution in [1.82, 2.24) is 15.5 Å². The molecule has 4 heteroatoms. The summed E-state index contributed by atoms with van der Waals surface area (Å²) in [7, 11) is 2.12. The van der Waals surface area contributed by atoms with E-state index in [9.17, 15) is 4.79 Å². The fourth-order valence-electron chi connectivity index (χ4n) is 2.65. The molecular formula is C17H27N3O. The van der Waals surface area contributed by atoms with E-state index in [2.05, 4.69) is 48.6 Å². The third-order valence-corrected chi connectivity index (χ3v) is 4.28. The third kappa shape index (κ3) is 4.29. The van der Waals surface area contributed by atoms with Crippen LogP contribution in [0.3, 0.4) is 0 Å². The number of carbonyl (C=O) groups excluding carboxylic acids is 1. The van der Waals surface area contributed by atoms with Crippen molar-refractivity contribution >= 4 is 5.91 Å². The lowest BCUT2D eigenvalue weighted by molar-refractivity contribution is -0.122. The summed E-state index contributed by atoms with van der Waals surface area (Å²) in [5, 5.41) is 6.41. The van der Waals surface area contributed by atoms with Gasteiger partial charge in [0.25, 0.3) is 0 Å². The summed E-state index contributed by atoms with van der Waals surface area (Å²) in [5.41, 5.74) is 2.41. The Labute approximate surface area is 127 Å². The van der Waals surface area contributed by atoms with Gasteiger partial charge in [0.1, 0.15) is 0 Å². The fourth-order valence-corrected chi connectivity index (χ4v) is 2.65. The molecule has 1 atom stereocenters. The van der Waals surface area contributed by atoms with Gasteiger partial charge in [0.05, 0.1) is 5.92 Å². The molecule has 2 N–H and O–H groups in total. The van der Waals surface area contributed by atoms with Gasteiger partial charge in [-0.15, -0.1) is 0 Å². The topological polar surface area (TPSA) is 44.4 Å². The van der Waals surface area contributed by atoms with Gasteiger partial charge in [0, 0.05) is 25.7 Å². The zero-order valence-electron chi connectivity index (χ0n) is 13.4. The molecule has 116 valence electrons. The van der Waals surface area contributed by atoms with Gasteiger partial charge in [-0.05, 0) is 45.0 Å². The highest BCUT2D eigenvalue weighted by Crippen LogP contribution is 2.23. The van der Waals surface area contributed by atoms with Crippen molar-refractivity contribution in [3.8, 4) is 0 Å². The fraction of sp³-hybridized carbons (Fsp3) is 0.588. The van der Waals surface area contributed by atoms with Crippen molar-refractivity contribution in [3.63, 3.8) is 0 Å². The normalized spacial score (nSPS) is 17.9. The number of nitrogens with one attached hydrogen (secondary N) is 2. The molecule has 0 saturated carbocycles. The lowest BCUT2D eigenvalue weighted by Crippen LogP contribution is -2.39. The van der Waals surface area contributed by atoms with Gasteiger partial charge in [-0.25, -0.2) is 0 Å². The number of rotatable bonds is 6. The maximum atomic E-state index is 12.4. The molecule has 1 aliphatic rings. The number of hydrogen-bond donors (Lipinski definition) is 2. The molecule has 1 unspecified atom stereocenters. The predicted octanol–water partition coefficient (Wildman–Crippen LogP) is 1.72. The zero-order valence-corrected chi connectivity index (χ0v) is 13.4. The molecule has 0 radical (unpaired) electrons. The monoisotopic (exact) mass is 289 g/mol. The van der Waals surface area contributed by atoms with Crippen LogP contribution >= 0.6 is 0 Å². The molecule has 0 fully saturated rings. The summed E-state index contributed by atoms with van der Waals surface area (Å²) in [5.74, 6) is 0.0830. The number of amides is 1. The Balaban J connectivity index is 1.82. The Bertz CT molecular complexity index is 473. The summed E-state index contributed by atoms with van der Waals surface area (Å²) in [6, 6.07) is 8.77. The first kappa shape index (κ1) is 16.0. The Hall–Kier alpha value is -1.39. The molecule has 1 amide bonds. The van der Waals surface area contributed by atoms with Gasteiger partial charge in [-0.1, -0.05) is 24.3 Å². The van der Waals surface area contributed by atoms with Crippen LogP contribution in [0.5, 0.6) is 0 Å². The molecule has 0 spiro atoms. The summed E-state index contributed by atoms with van der Waals surface area (Å²) in [4.78, 5) is 14.7. The number of fused-ring (bicyclic) bond motifs is 1. The Morgan fingerprint density at radius 1 is 1.43 bits per heavy atom. The highest BCUT2D eigenvalue weighted by Gasteiger charge is 2.25. The zero-order chi connectivity index (χ0) is 15.2. The van der Waals surface area contributed by atoms with Crippen LogP contribution in [0, 0.1) is 0 Å². The predicted molar refractivity (Wildman–Crippen MR) is 86.3 cm³/mol. The first-order chi connectivity index (χ1) is 10.1. The van der Waals surface area contributed by atoms with Gasteiger partial charge in [-0.3, -0.25) is 4.79 Å². The van der Waals surface area contributed by atoms with Crippen molar-refractivity contribution in [3.05, 3.63) is 35.4 Å². The van der Waals surface area contributed by atoms with Crippen LogP contribution in [-0.4, -0.2) is 43.5 Å². The number of hydrogen-bond acceptors (Lipinski definition) is 3. The van der Waals surface area contributed by atoms with Crippen LogP contribution in [0.25, 0.3) is 0 Å². The highest BCUT2D eigenvalue weighted by atomic mass is 16.1. The SMILES string of the molecule is CC(C)N(C)CCCNC(=O)C1CNCc2ccccc21. The minimum absolute atomic E-state index is 0.0576. The van der Waals surface area contributed by atoms with Crippen LogP contribution in [0.15, 0.2) is 24.3 Å². The number of carbonyl (C=O) groups is 1. The number of benzene rings is 1. The molecule has 2 rings (SSSR count). The van der Waals surface area contributed by atoms with E-state index in [0.29, 0.717) is 6.04 Å². The second-order valence-corrected chi connectivity index (χ2v) is 6.10. The van der Waals surface area contributed by atoms with Crippen LogP contribution in [0.2, 0.25) is 0 Å². The molecular weight excluding hydrogens is 262 g/mol. The third-order valence-electron chi connectivity index (χ3n) is 4.28. The van der Waals surface area contributed by atoms with E-state index in [-0.39, 0.29) is 11.8 Å². The van der Waals surface area contributed by atoms with Gasteiger partial charge < -0.3 is 15.5 Å². The quantitative estimate of drug-likeness (QED) is 0.784. The van der Waals surface area contributed by atoms with E-state index in [1.54, 1.807) is 0 Å². The van der Waals surface area contributed by atoms with Crippen LogP contribution in [0.1, 0.15) is 37.3 Å². The Kier molecular flexibility index (Phi) is 5.76. The minimum Gasteiger partial charge on any atom is -0.355 e. The van der Waals surface area contributed by atoms with Gasteiger partial charge in [0.2, 0.25) is 5.91 Å². The molecule has 0 aliphatic carbocycles. The smallest absolute Gasteiger partial charge is 0.228 e. The van der Waals surface area contributed by atoms with Crippen LogP contribution in [-0.2, 0) is 11.3 Å². The maximum Gasteiger partial charge on any atom is 0.228 e. The van der Waals surface area contributed by atoms with Crippen LogP contribution < -0.4 is 10.6 Å². The second kappa shape index (κ2) is 7.57. The Morgan fingerprint density at radius 3 is 2.95 bits per heavy atom. The molecule has 1 aromatic rings. The van der Waals surface area contributed by atoms with Gasteiger partial charge >= 0.3 is 0 Å². The number of nitrogens with zero attached hydrogens (tertiary/aromatic N) is 1. The molecule has 1 aromatic carbocycles. The van der Waals surface area contributed by atoms with Gasteiger partial charge in [-0.2, -0.15) is 0 Å². The summed E-state index contributed by atoms with van der Waals surface area (Å²) in [6.07, 6.45) is 0.988. The van der Waals surface area contributed by atoms with E-state index in [0.717, 1.165) is 32.6 Å². The molecule has 1 aliphatic heterocycles. The standard InChI is InChI=1S/C17H27N3O/c1-13(2)20(3)10-6-9-19-17(21)16-12-18-11-14-7-4-5-8-15(14)16/h4-5,7-8,13,16,18H,6,9-12H2,1-3H3,(H,19,21). The highest BCUT2D eigenvalue weighted by molar-refractivity contribution is 5.84. The van der Waals surface area contributed by atoms with E-state index >= 15 is 0 Å². The lowest BCUT2D eigenvalue weighted by atomic mass is 9.90. The van der Waals surface area contributed by atoms with Crippen molar-refractivity contribution in [1.29, 1.82) is 0 Å². The summed E-state index contributed by atoms with van der Waals surface area (Å²) >= 11 is 0. The van der Waals surface area contributed by atoms with E-state index in [1.165, 1.54) is 11.1 Å². The average molecular weight is 289 g/mol. The minimum atomic E-state index is -0.0576. The second-order valence-electron chi connectivity index (χ2n) is 6.10. The van der Waals surface area contributed by atoms with Crippen molar-refractivity contribution in [2.24, 2.45) is 0 Å². The van der Waals surface area contributed by atoms with Crippen molar-refractivity contribution in [2.45, 2.75) is 38.8 Å².